The summed E-state index contributed by atoms with van der Waals surface area (Å²) >= 11 is 0. The van der Waals surface area contributed by atoms with Crippen LogP contribution >= 0.6 is 0 Å². The van der Waals surface area contributed by atoms with E-state index < -0.39 is 11.0 Å². The Morgan fingerprint density at radius 1 is 1.19 bits per heavy atom. The van der Waals surface area contributed by atoms with Crippen molar-refractivity contribution in [3.63, 3.8) is 0 Å². The molecule has 4 nitrogen and oxygen atoms in total. The average molecular weight is 421 g/mol. The first-order chi connectivity index (χ1) is 15.0. The quantitative estimate of drug-likeness (QED) is 0.665. The number of piperidine rings is 1. The van der Waals surface area contributed by atoms with Crippen molar-refractivity contribution in [3.05, 3.63) is 65.1 Å². The third-order valence-corrected chi connectivity index (χ3v) is 7.97. The molecule has 1 saturated carbocycles. The van der Waals surface area contributed by atoms with Crippen LogP contribution in [0.15, 0.2) is 42.5 Å². The van der Waals surface area contributed by atoms with E-state index in [-0.39, 0.29) is 5.82 Å². The number of methoxy groups -OCH3 is 1. The molecule has 2 heterocycles. The number of likely N-dealkylation sites (tertiary alicyclic amines) is 1. The molecule has 1 saturated heterocycles. The fraction of sp³-hybridized carbons (Fsp3) is 0.462. The summed E-state index contributed by atoms with van der Waals surface area (Å²) < 4.78 is 19.4. The van der Waals surface area contributed by atoms with Crippen molar-refractivity contribution in [2.45, 2.75) is 43.1 Å². The number of ether oxygens (including phenoxy) is 1. The summed E-state index contributed by atoms with van der Waals surface area (Å²) in [7, 11) is 1.69. The van der Waals surface area contributed by atoms with Crippen LogP contribution in [0.25, 0.3) is 10.9 Å². The molecule has 0 spiro atoms. The molecule has 3 aromatic rings. The number of nitrogens with zero attached hydrogens (tertiary/aromatic N) is 1. The van der Waals surface area contributed by atoms with Gasteiger partial charge < -0.3 is 19.7 Å². The van der Waals surface area contributed by atoms with Gasteiger partial charge in [-0.05, 0) is 73.2 Å². The third-order valence-electron chi connectivity index (χ3n) is 7.97. The lowest BCUT2D eigenvalue weighted by molar-refractivity contribution is -0.103. The number of H-pyrrole nitrogens is 1. The highest BCUT2D eigenvalue weighted by molar-refractivity contribution is 5.85. The predicted molar refractivity (Wildman–Crippen MR) is 119 cm³/mol. The summed E-state index contributed by atoms with van der Waals surface area (Å²) in [5.41, 5.74) is 2.95. The van der Waals surface area contributed by atoms with E-state index in [0.717, 1.165) is 65.3 Å². The smallest absolute Gasteiger partial charge is 0.125 e. The van der Waals surface area contributed by atoms with Gasteiger partial charge in [-0.1, -0.05) is 12.1 Å². The molecule has 162 valence electrons. The summed E-state index contributed by atoms with van der Waals surface area (Å²) in [4.78, 5) is 5.96. The molecule has 2 fully saturated rings. The second-order valence-corrected chi connectivity index (χ2v) is 9.90. The van der Waals surface area contributed by atoms with Crippen LogP contribution in [0.5, 0.6) is 5.75 Å². The lowest BCUT2D eigenvalue weighted by atomic mass is 9.56. The molecular formula is C26H29FN2O2. The number of β-amino-alcohol motifs (C(OH)–C–C–N with tert-alkyl or cyclic N) is 1. The van der Waals surface area contributed by atoms with Crippen LogP contribution in [0.2, 0.25) is 0 Å². The largest absolute Gasteiger partial charge is 0.497 e. The topological polar surface area (TPSA) is 48.5 Å². The van der Waals surface area contributed by atoms with E-state index in [1.165, 1.54) is 18.9 Å². The number of hydrogen-bond acceptors (Lipinski definition) is 3. The molecule has 1 aromatic heterocycles. The Balaban J connectivity index is 1.49. The van der Waals surface area contributed by atoms with Crippen molar-refractivity contribution in [1.82, 2.24) is 9.88 Å². The van der Waals surface area contributed by atoms with Crippen molar-refractivity contribution in [2.24, 2.45) is 5.92 Å². The van der Waals surface area contributed by atoms with E-state index >= 15 is 0 Å². The van der Waals surface area contributed by atoms with Crippen LogP contribution in [0.1, 0.15) is 36.1 Å². The number of aliphatic hydroxyl groups is 1. The summed E-state index contributed by atoms with van der Waals surface area (Å²) in [5, 5.41) is 13.4. The van der Waals surface area contributed by atoms with Crippen LogP contribution in [-0.2, 0) is 18.3 Å². The van der Waals surface area contributed by atoms with E-state index in [2.05, 4.69) is 22.0 Å². The molecule has 5 heteroatoms. The molecule has 0 amide bonds. The Labute approximate surface area is 182 Å². The predicted octanol–water partition coefficient (Wildman–Crippen LogP) is 4.20. The highest BCUT2D eigenvalue weighted by Crippen LogP contribution is 2.52. The van der Waals surface area contributed by atoms with Crippen molar-refractivity contribution >= 4 is 10.9 Å². The normalized spacial score (nSPS) is 28.4. The maximum atomic E-state index is 13.9. The molecule has 0 radical (unpaired) electrons. The van der Waals surface area contributed by atoms with Gasteiger partial charge in [0.25, 0.3) is 0 Å². The van der Waals surface area contributed by atoms with Crippen LogP contribution < -0.4 is 4.74 Å². The van der Waals surface area contributed by atoms with E-state index in [9.17, 15) is 9.50 Å². The second kappa shape index (κ2) is 6.81. The Bertz CT molecular complexity index is 1150. The monoisotopic (exact) mass is 420 g/mol. The Hall–Kier alpha value is -2.37. The van der Waals surface area contributed by atoms with Gasteiger partial charge in [0.1, 0.15) is 11.6 Å². The summed E-state index contributed by atoms with van der Waals surface area (Å²) in [6.45, 7) is 2.75. The molecule has 6 rings (SSSR count). The van der Waals surface area contributed by atoms with Gasteiger partial charge in [0.15, 0.2) is 0 Å². The van der Waals surface area contributed by atoms with Crippen LogP contribution in [0.4, 0.5) is 4.39 Å². The zero-order valence-corrected chi connectivity index (χ0v) is 18.0. The molecule has 1 aliphatic heterocycles. The van der Waals surface area contributed by atoms with E-state index in [0.29, 0.717) is 13.0 Å². The fourth-order valence-electron chi connectivity index (χ4n) is 6.15. The van der Waals surface area contributed by atoms with E-state index in [1.807, 2.05) is 18.2 Å². The molecule has 2 unspecified atom stereocenters. The first-order valence-electron chi connectivity index (χ1n) is 11.4. The minimum absolute atomic E-state index is 0.236. The molecule has 3 aliphatic rings. The van der Waals surface area contributed by atoms with Gasteiger partial charge in [-0.2, -0.15) is 0 Å². The first kappa shape index (κ1) is 19.3. The Morgan fingerprint density at radius 2 is 2.06 bits per heavy atom. The Morgan fingerprint density at radius 3 is 2.87 bits per heavy atom. The van der Waals surface area contributed by atoms with Gasteiger partial charge in [0.2, 0.25) is 0 Å². The van der Waals surface area contributed by atoms with Gasteiger partial charge in [-0.15, -0.1) is 0 Å². The standard InChI is InChI=1S/C26H29FN2O2/c1-31-20-4-2-3-18(11-20)25-9-10-29(15-17-5-6-17)16-26(25,30)13-22-21-8-7-19(27)12-23(21)28-24(22)14-25/h2-4,7-8,11-12,17,28,30H,5-6,9-10,13-16H2,1H3. The van der Waals surface area contributed by atoms with Crippen LogP contribution in [0, 0.1) is 11.7 Å². The summed E-state index contributed by atoms with van der Waals surface area (Å²) in [6, 6.07) is 13.2. The first-order valence-corrected chi connectivity index (χ1v) is 11.4. The SMILES string of the molecule is COc1cccc(C23CCN(CC4CC4)CC2(O)Cc2c([nH]c4cc(F)ccc24)C3)c1. The number of benzene rings is 2. The molecule has 31 heavy (non-hydrogen) atoms. The van der Waals surface area contributed by atoms with Crippen LogP contribution in [0.3, 0.4) is 0 Å². The number of fused-ring (bicyclic) bond motifs is 4. The van der Waals surface area contributed by atoms with Gasteiger partial charge in [-0.25, -0.2) is 4.39 Å². The zero-order chi connectivity index (χ0) is 21.2. The average Bonchev–Trinajstić information content (AvgIpc) is 3.51. The molecule has 2 aliphatic carbocycles. The molecule has 2 aromatic carbocycles. The van der Waals surface area contributed by atoms with Crippen LogP contribution in [-0.4, -0.2) is 47.3 Å². The number of halogens is 1. The van der Waals surface area contributed by atoms with E-state index in [4.69, 9.17) is 4.74 Å². The number of aromatic nitrogens is 1. The molecule has 0 bridgehead atoms. The fourth-order valence-corrected chi connectivity index (χ4v) is 6.15. The lowest BCUT2D eigenvalue weighted by Gasteiger charge is -2.56. The summed E-state index contributed by atoms with van der Waals surface area (Å²) in [6.07, 6.45) is 4.82. The van der Waals surface area contributed by atoms with E-state index in [1.54, 1.807) is 13.2 Å². The zero-order valence-electron chi connectivity index (χ0n) is 18.0. The highest BCUT2D eigenvalue weighted by atomic mass is 19.1. The molecular weight excluding hydrogens is 391 g/mol. The van der Waals surface area contributed by atoms with Gasteiger partial charge in [0, 0.05) is 47.9 Å². The Kier molecular flexibility index (Phi) is 4.25. The van der Waals surface area contributed by atoms with Crippen molar-refractivity contribution in [1.29, 1.82) is 0 Å². The van der Waals surface area contributed by atoms with Crippen molar-refractivity contribution in [3.8, 4) is 5.75 Å². The maximum absolute atomic E-state index is 13.9. The van der Waals surface area contributed by atoms with Crippen molar-refractivity contribution in [2.75, 3.05) is 26.7 Å². The lowest BCUT2D eigenvalue weighted by Crippen LogP contribution is -2.66. The number of nitrogens with one attached hydrogen (secondary N) is 1. The maximum Gasteiger partial charge on any atom is 0.125 e. The third kappa shape index (κ3) is 3.01. The molecule has 2 atom stereocenters. The number of hydrogen-bond donors (Lipinski definition) is 2. The second-order valence-electron chi connectivity index (χ2n) is 9.90. The number of aromatic amines is 1. The van der Waals surface area contributed by atoms with Gasteiger partial charge in [-0.3, -0.25) is 0 Å². The highest BCUT2D eigenvalue weighted by Gasteiger charge is 2.57. The van der Waals surface area contributed by atoms with Gasteiger partial charge >= 0.3 is 0 Å². The van der Waals surface area contributed by atoms with Gasteiger partial charge in [0.05, 0.1) is 12.7 Å². The summed E-state index contributed by atoms with van der Waals surface area (Å²) in [5.74, 6) is 1.38. The minimum atomic E-state index is -0.886. The molecule has 2 N–H and O–H groups in total. The minimum Gasteiger partial charge on any atom is -0.497 e. The number of rotatable bonds is 4. The van der Waals surface area contributed by atoms with Crippen molar-refractivity contribution < 1.29 is 14.2 Å².